The molecule has 0 aromatic heterocycles. The van der Waals surface area contributed by atoms with Gasteiger partial charge in [-0.1, -0.05) is 71.7 Å². The molecule has 0 saturated heterocycles. The number of nitrogens with zero attached hydrogens (tertiary/aromatic N) is 1. The van der Waals surface area contributed by atoms with Crippen LogP contribution in [0.2, 0.25) is 10.0 Å². The summed E-state index contributed by atoms with van der Waals surface area (Å²) in [5.41, 5.74) is 1.94. The van der Waals surface area contributed by atoms with E-state index in [-0.39, 0.29) is 5.91 Å². The van der Waals surface area contributed by atoms with Crippen molar-refractivity contribution in [1.29, 1.82) is 0 Å². The maximum atomic E-state index is 12.5. The van der Waals surface area contributed by atoms with Gasteiger partial charge in [-0.05, 0) is 30.3 Å². The molecule has 0 unspecified atom stereocenters. The molecular formula is C20H14Cl2N2O. The van der Waals surface area contributed by atoms with E-state index >= 15 is 0 Å². The quantitative estimate of drug-likeness (QED) is 0.481. The van der Waals surface area contributed by atoms with Crippen molar-refractivity contribution < 1.29 is 4.79 Å². The molecule has 0 heterocycles. The van der Waals surface area contributed by atoms with Gasteiger partial charge in [-0.15, -0.1) is 0 Å². The standard InChI is InChI=1S/C20H14Cl2N2O/c21-17-12-11-16(13-18(17)22)23-19(14-7-3-1-4-8-14)24-20(25)15-9-5-2-6-10-15/h1-13H,(H,23,24,25). The predicted molar refractivity (Wildman–Crippen MR) is 103 cm³/mol. The van der Waals surface area contributed by atoms with Gasteiger partial charge in [0.25, 0.3) is 5.91 Å². The lowest BCUT2D eigenvalue weighted by molar-refractivity contribution is 0.0977. The van der Waals surface area contributed by atoms with Gasteiger partial charge in [0.1, 0.15) is 5.84 Å². The van der Waals surface area contributed by atoms with Gasteiger partial charge in [0.05, 0.1) is 15.7 Å². The number of halogens is 2. The van der Waals surface area contributed by atoms with Gasteiger partial charge in [-0.3, -0.25) is 4.79 Å². The molecule has 0 bridgehead atoms. The van der Waals surface area contributed by atoms with Gasteiger partial charge in [-0.2, -0.15) is 0 Å². The maximum Gasteiger partial charge on any atom is 0.256 e. The summed E-state index contributed by atoms with van der Waals surface area (Å²) in [5, 5.41) is 3.73. The number of hydrogen-bond acceptors (Lipinski definition) is 2. The average Bonchev–Trinajstić information content (AvgIpc) is 2.65. The summed E-state index contributed by atoms with van der Waals surface area (Å²) in [7, 11) is 0. The molecule has 25 heavy (non-hydrogen) atoms. The zero-order valence-electron chi connectivity index (χ0n) is 13.1. The van der Waals surface area contributed by atoms with Gasteiger partial charge >= 0.3 is 0 Å². The van der Waals surface area contributed by atoms with Gasteiger partial charge in [0, 0.05) is 11.1 Å². The maximum absolute atomic E-state index is 12.5. The Kier molecular flexibility index (Phi) is 5.49. The number of carbonyl (C=O) groups excluding carboxylic acids is 1. The highest BCUT2D eigenvalue weighted by molar-refractivity contribution is 6.42. The SMILES string of the molecule is O=C(NC(=Nc1ccc(Cl)c(Cl)c1)c1ccccc1)c1ccccc1. The van der Waals surface area contributed by atoms with E-state index in [0.717, 1.165) is 5.56 Å². The molecule has 0 aliphatic rings. The third kappa shape index (κ3) is 4.47. The van der Waals surface area contributed by atoms with Crippen molar-refractivity contribution >= 4 is 40.6 Å². The molecule has 3 nitrogen and oxygen atoms in total. The summed E-state index contributed by atoms with van der Waals surface area (Å²) < 4.78 is 0. The Morgan fingerprint density at radius 2 is 1.36 bits per heavy atom. The molecule has 0 atom stereocenters. The molecule has 0 aliphatic carbocycles. The smallest absolute Gasteiger partial charge is 0.256 e. The van der Waals surface area contributed by atoms with Crippen LogP contribution in [0, 0.1) is 0 Å². The third-order valence-corrected chi connectivity index (χ3v) is 4.20. The minimum Gasteiger partial charge on any atom is -0.306 e. The van der Waals surface area contributed by atoms with Crippen LogP contribution in [-0.2, 0) is 0 Å². The van der Waals surface area contributed by atoms with Crippen molar-refractivity contribution in [3.8, 4) is 0 Å². The summed E-state index contributed by atoms with van der Waals surface area (Å²) in [6.45, 7) is 0. The molecule has 0 spiro atoms. The normalized spacial score (nSPS) is 11.2. The number of amides is 1. The Morgan fingerprint density at radius 1 is 0.760 bits per heavy atom. The van der Waals surface area contributed by atoms with Crippen molar-refractivity contribution in [2.75, 3.05) is 0 Å². The van der Waals surface area contributed by atoms with Crippen molar-refractivity contribution in [3.63, 3.8) is 0 Å². The molecule has 0 radical (unpaired) electrons. The van der Waals surface area contributed by atoms with E-state index in [0.29, 0.717) is 27.1 Å². The van der Waals surface area contributed by atoms with Crippen LogP contribution < -0.4 is 5.32 Å². The van der Waals surface area contributed by atoms with E-state index in [1.807, 2.05) is 48.5 Å². The Labute approximate surface area is 155 Å². The second-order valence-electron chi connectivity index (χ2n) is 5.24. The van der Waals surface area contributed by atoms with Crippen LogP contribution in [0.4, 0.5) is 5.69 Å². The van der Waals surface area contributed by atoms with Crippen molar-refractivity contribution in [3.05, 3.63) is 100 Å². The second kappa shape index (κ2) is 7.97. The lowest BCUT2D eigenvalue weighted by atomic mass is 10.1. The number of carbonyl (C=O) groups is 1. The van der Waals surface area contributed by atoms with Crippen LogP contribution in [-0.4, -0.2) is 11.7 Å². The molecule has 3 aromatic carbocycles. The summed E-state index contributed by atoms with van der Waals surface area (Å²) in [6.07, 6.45) is 0. The number of aliphatic imine (C=N–C) groups is 1. The third-order valence-electron chi connectivity index (χ3n) is 3.46. The van der Waals surface area contributed by atoms with Crippen LogP contribution in [0.5, 0.6) is 0 Å². The zero-order valence-corrected chi connectivity index (χ0v) is 14.6. The molecule has 5 heteroatoms. The highest BCUT2D eigenvalue weighted by Gasteiger charge is 2.11. The Balaban J connectivity index is 1.97. The molecule has 124 valence electrons. The first-order valence-electron chi connectivity index (χ1n) is 7.59. The number of nitrogens with one attached hydrogen (secondary N) is 1. The monoisotopic (exact) mass is 368 g/mol. The van der Waals surface area contributed by atoms with Crippen LogP contribution in [0.15, 0.2) is 83.9 Å². The largest absolute Gasteiger partial charge is 0.306 e. The molecule has 0 saturated carbocycles. The van der Waals surface area contributed by atoms with E-state index in [4.69, 9.17) is 23.2 Å². The Morgan fingerprint density at radius 3 is 1.96 bits per heavy atom. The number of hydrogen-bond donors (Lipinski definition) is 1. The summed E-state index contributed by atoms with van der Waals surface area (Å²) in [5.74, 6) is 0.205. The number of benzene rings is 3. The van der Waals surface area contributed by atoms with E-state index in [1.165, 1.54) is 0 Å². The summed E-state index contributed by atoms with van der Waals surface area (Å²) in [4.78, 5) is 17.0. The van der Waals surface area contributed by atoms with Gasteiger partial charge < -0.3 is 5.32 Å². The summed E-state index contributed by atoms with van der Waals surface area (Å²) >= 11 is 12.0. The van der Waals surface area contributed by atoms with E-state index in [2.05, 4.69) is 10.3 Å². The highest BCUT2D eigenvalue weighted by Crippen LogP contribution is 2.27. The minimum atomic E-state index is -0.233. The Hall–Kier alpha value is -2.62. The van der Waals surface area contributed by atoms with E-state index < -0.39 is 0 Å². The first-order valence-corrected chi connectivity index (χ1v) is 8.34. The molecular weight excluding hydrogens is 355 g/mol. The van der Waals surface area contributed by atoms with Crippen LogP contribution in [0.1, 0.15) is 15.9 Å². The van der Waals surface area contributed by atoms with Crippen molar-refractivity contribution in [2.24, 2.45) is 4.99 Å². The lowest BCUT2D eigenvalue weighted by Gasteiger charge is -2.10. The first-order chi connectivity index (χ1) is 12.1. The van der Waals surface area contributed by atoms with Crippen LogP contribution in [0.3, 0.4) is 0 Å². The fourth-order valence-electron chi connectivity index (χ4n) is 2.21. The first kappa shape index (κ1) is 17.2. The highest BCUT2D eigenvalue weighted by atomic mass is 35.5. The van der Waals surface area contributed by atoms with Gasteiger partial charge in [-0.25, -0.2) is 4.99 Å². The zero-order chi connectivity index (χ0) is 17.6. The minimum absolute atomic E-state index is 0.233. The molecule has 3 rings (SSSR count). The fraction of sp³-hybridized carbons (Fsp3) is 0. The lowest BCUT2D eigenvalue weighted by Crippen LogP contribution is -2.31. The van der Waals surface area contributed by atoms with Gasteiger partial charge in [0.2, 0.25) is 0 Å². The predicted octanol–water partition coefficient (Wildman–Crippen LogP) is 5.50. The fourth-order valence-corrected chi connectivity index (χ4v) is 2.51. The number of amidine groups is 1. The van der Waals surface area contributed by atoms with Crippen molar-refractivity contribution in [1.82, 2.24) is 5.32 Å². The molecule has 0 aliphatic heterocycles. The van der Waals surface area contributed by atoms with E-state index in [9.17, 15) is 4.79 Å². The molecule has 0 fully saturated rings. The summed E-state index contributed by atoms with van der Waals surface area (Å²) in [6, 6.07) is 23.5. The van der Waals surface area contributed by atoms with Crippen molar-refractivity contribution in [2.45, 2.75) is 0 Å². The molecule has 1 N–H and O–H groups in total. The molecule has 3 aromatic rings. The average molecular weight is 369 g/mol. The van der Waals surface area contributed by atoms with Crippen LogP contribution >= 0.6 is 23.2 Å². The van der Waals surface area contributed by atoms with Crippen LogP contribution in [0.25, 0.3) is 0 Å². The Bertz CT molecular complexity index is 909. The van der Waals surface area contributed by atoms with E-state index in [1.54, 1.807) is 30.3 Å². The second-order valence-corrected chi connectivity index (χ2v) is 6.06. The van der Waals surface area contributed by atoms with Gasteiger partial charge in [0.15, 0.2) is 0 Å². The molecule has 1 amide bonds. The number of rotatable bonds is 3. The topological polar surface area (TPSA) is 41.5 Å².